The van der Waals surface area contributed by atoms with Crippen molar-refractivity contribution < 1.29 is 9.53 Å². The largest absolute Gasteiger partial charge is 0.378 e. The highest BCUT2D eigenvalue weighted by Gasteiger charge is 2.21. The van der Waals surface area contributed by atoms with E-state index in [0.717, 1.165) is 37.9 Å². The number of carbonyl (C=O) groups is 1. The van der Waals surface area contributed by atoms with E-state index in [1.807, 2.05) is 30.3 Å². The number of hydrogen-bond acceptors (Lipinski definition) is 3. The van der Waals surface area contributed by atoms with Crippen LogP contribution in [0.1, 0.15) is 24.8 Å². The second kappa shape index (κ2) is 8.46. The van der Waals surface area contributed by atoms with Gasteiger partial charge >= 0.3 is 0 Å². The van der Waals surface area contributed by atoms with Crippen LogP contribution in [0.3, 0.4) is 0 Å². The summed E-state index contributed by atoms with van der Waals surface area (Å²) < 4.78 is 5.73. The Labute approximate surface area is 126 Å². The van der Waals surface area contributed by atoms with E-state index in [0.29, 0.717) is 13.2 Å². The van der Waals surface area contributed by atoms with Crippen LogP contribution in [-0.2, 0) is 9.53 Å². The van der Waals surface area contributed by atoms with Crippen LogP contribution >= 0.6 is 0 Å². The predicted octanol–water partition coefficient (Wildman–Crippen LogP) is 1.39. The first-order chi connectivity index (χ1) is 10.3. The summed E-state index contributed by atoms with van der Waals surface area (Å²) in [6.07, 6.45) is 2.90. The molecule has 4 nitrogen and oxygen atoms in total. The topological polar surface area (TPSA) is 55.6 Å². The Morgan fingerprint density at radius 1 is 1.29 bits per heavy atom. The minimum Gasteiger partial charge on any atom is -0.378 e. The molecule has 1 amide bonds. The van der Waals surface area contributed by atoms with Gasteiger partial charge in [-0.3, -0.25) is 4.79 Å². The number of likely N-dealkylation sites (tertiary alicyclic amines) is 1. The molecule has 2 rings (SSSR count). The first-order valence-corrected chi connectivity index (χ1v) is 7.47. The summed E-state index contributed by atoms with van der Waals surface area (Å²) in [4.78, 5) is 13.8. The summed E-state index contributed by atoms with van der Waals surface area (Å²) in [6, 6.07) is 9.56. The maximum absolute atomic E-state index is 12.0. The monoisotopic (exact) mass is 286 g/mol. The zero-order valence-corrected chi connectivity index (χ0v) is 12.3. The maximum atomic E-state index is 12.0. The van der Waals surface area contributed by atoms with E-state index in [-0.39, 0.29) is 12.0 Å². The van der Waals surface area contributed by atoms with E-state index in [1.54, 1.807) is 4.90 Å². The number of benzene rings is 1. The number of rotatable bonds is 4. The molecule has 1 aliphatic heterocycles. The van der Waals surface area contributed by atoms with E-state index in [1.165, 1.54) is 0 Å². The quantitative estimate of drug-likeness (QED) is 0.672. The fourth-order valence-electron chi connectivity index (χ4n) is 2.29. The van der Waals surface area contributed by atoms with E-state index in [2.05, 4.69) is 11.8 Å². The molecule has 0 spiro atoms. The molecule has 1 saturated heterocycles. The Balaban J connectivity index is 1.77. The molecule has 1 heterocycles. The minimum absolute atomic E-state index is 0.0979. The molecule has 2 N–H and O–H groups in total. The van der Waals surface area contributed by atoms with Crippen LogP contribution in [0, 0.1) is 11.8 Å². The van der Waals surface area contributed by atoms with Crippen molar-refractivity contribution >= 4 is 5.91 Å². The van der Waals surface area contributed by atoms with Crippen molar-refractivity contribution in [2.45, 2.75) is 25.4 Å². The Morgan fingerprint density at radius 2 is 2.00 bits per heavy atom. The van der Waals surface area contributed by atoms with Crippen LogP contribution in [0.15, 0.2) is 30.3 Å². The average Bonchev–Trinajstić information content (AvgIpc) is 2.54. The maximum Gasteiger partial charge on any atom is 0.298 e. The molecular weight excluding hydrogens is 264 g/mol. The van der Waals surface area contributed by atoms with Crippen LogP contribution in [0.2, 0.25) is 0 Å². The van der Waals surface area contributed by atoms with Gasteiger partial charge in [0.15, 0.2) is 0 Å². The van der Waals surface area contributed by atoms with Crippen molar-refractivity contribution in [3.8, 4) is 11.8 Å². The molecule has 1 aromatic carbocycles. The summed E-state index contributed by atoms with van der Waals surface area (Å²) in [5, 5.41) is 0. The number of carbonyl (C=O) groups excluding carboxylic acids is 1. The molecule has 0 aliphatic carbocycles. The molecule has 112 valence electrons. The summed E-state index contributed by atoms with van der Waals surface area (Å²) in [5.74, 6) is 5.53. The van der Waals surface area contributed by atoms with Gasteiger partial charge in [-0.25, -0.2) is 0 Å². The van der Waals surface area contributed by atoms with E-state index < -0.39 is 0 Å². The summed E-state index contributed by atoms with van der Waals surface area (Å²) in [7, 11) is 0. The number of piperidine rings is 1. The van der Waals surface area contributed by atoms with Gasteiger partial charge in [0.2, 0.25) is 0 Å². The lowest BCUT2D eigenvalue weighted by atomic mass is 10.1. The molecule has 0 radical (unpaired) electrons. The van der Waals surface area contributed by atoms with Crippen molar-refractivity contribution in [1.29, 1.82) is 0 Å². The third-order valence-corrected chi connectivity index (χ3v) is 3.52. The average molecular weight is 286 g/mol. The highest BCUT2D eigenvalue weighted by molar-refractivity contribution is 5.94. The van der Waals surface area contributed by atoms with Crippen molar-refractivity contribution in [2.75, 3.05) is 26.2 Å². The molecule has 0 aromatic heterocycles. The Hall–Kier alpha value is -1.83. The number of ether oxygens (including phenoxy) is 1. The number of amides is 1. The molecule has 21 heavy (non-hydrogen) atoms. The van der Waals surface area contributed by atoms with Crippen LogP contribution in [0.4, 0.5) is 0 Å². The first-order valence-electron chi connectivity index (χ1n) is 7.47. The van der Waals surface area contributed by atoms with Crippen LogP contribution in [0.25, 0.3) is 0 Å². The van der Waals surface area contributed by atoms with E-state index >= 15 is 0 Å². The Kier molecular flexibility index (Phi) is 6.26. The second-order valence-electron chi connectivity index (χ2n) is 5.12. The fourth-order valence-corrected chi connectivity index (χ4v) is 2.29. The highest BCUT2D eigenvalue weighted by atomic mass is 16.5. The van der Waals surface area contributed by atoms with Gasteiger partial charge in [-0.15, -0.1) is 0 Å². The van der Waals surface area contributed by atoms with Crippen LogP contribution in [0.5, 0.6) is 0 Å². The van der Waals surface area contributed by atoms with Crippen LogP contribution < -0.4 is 5.73 Å². The van der Waals surface area contributed by atoms with Gasteiger partial charge in [-0.1, -0.05) is 24.1 Å². The highest BCUT2D eigenvalue weighted by Crippen LogP contribution is 2.13. The van der Waals surface area contributed by atoms with Gasteiger partial charge in [-0.05, 0) is 37.9 Å². The molecule has 4 heteroatoms. The lowest BCUT2D eigenvalue weighted by Crippen LogP contribution is -2.40. The molecule has 1 fully saturated rings. The third kappa shape index (κ3) is 5.22. The van der Waals surface area contributed by atoms with Gasteiger partial charge in [0, 0.05) is 31.2 Å². The fraction of sp³-hybridized carbons (Fsp3) is 0.471. The van der Waals surface area contributed by atoms with Crippen molar-refractivity contribution in [1.82, 2.24) is 4.90 Å². The van der Waals surface area contributed by atoms with E-state index in [9.17, 15) is 4.79 Å². The standard InChI is InChI=1S/C17H22N2O2/c18-11-4-14-21-16-9-12-19(13-10-16)17(20)8-7-15-5-2-1-3-6-15/h1-3,5-6,16H,4,9-14,18H2. The normalized spacial score (nSPS) is 15.4. The lowest BCUT2D eigenvalue weighted by molar-refractivity contribution is -0.127. The predicted molar refractivity (Wildman–Crippen MR) is 82.5 cm³/mol. The first kappa shape index (κ1) is 15.6. The Morgan fingerprint density at radius 3 is 2.67 bits per heavy atom. The zero-order chi connectivity index (χ0) is 14.9. The third-order valence-electron chi connectivity index (χ3n) is 3.52. The minimum atomic E-state index is -0.0979. The molecule has 0 unspecified atom stereocenters. The SMILES string of the molecule is NCCCOC1CCN(C(=O)C#Cc2ccccc2)CC1. The smallest absolute Gasteiger partial charge is 0.298 e. The van der Waals surface area contributed by atoms with Crippen molar-refractivity contribution in [3.05, 3.63) is 35.9 Å². The van der Waals surface area contributed by atoms with Gasteiger partial charge in [-0.2, -0.15) is 0 Å². The molecule has 1 aliphatic rings. The molecular formula is C17H22N2O2. The number of nitrogens with two attached hydrogens (primary N) is 1. The number of nitrogens with zero attached hydrogens (tertiary/aromatic N) is 1. The van der Waals surface area contributed by atoms with Crippen molar-refractivity contribution in [2.24, 2.45) is 5.73 Å². The van der Waals surface area contributed by atoms with Gasteiger partial charge in [0.05, 0.1) is 6.10 Å². The summed E-state index contributed by atoms with van der Waals surface area (Å²) in [5.41, 5.74) is 6.31. The summed E-state index contributed by atoms with van der Waals surface area (Å²) in [6.45, 7) is 2.81. The zero-order valence-electron chi connectivity index (χ0n) is 12.3. The van der Waals surface area contributed by atoms with Crippen molar-refractivity contribution in [3.63, 3.8) is 0 Å². The van der Waals surface area contributed by atoms with Gasteiger partial charge < -0.3 is 15.4 Å². The summed E-state index contributed by atoms with van der Waals surface area (Å²) >= 11 is 0. The Bertz CT molecular complexity index is 497. The molecule has 0 bridgehead atoms. The molecule has 0 atom stereocenters. The molecule has 0 saturated carbocycles. The number of hydrogen-bond donors (Lipinski definition) is 1. The second-order valence-corrected chi connectivity index (χ2v) is 5.12. The van der Waals surface area contributed by atoms with Gasteiger partial charge in [0.25, 0.3) is 5.91 Å². The lowest BCUT2D eigenvalue weighted by Gasteiger charge is -2.30. The van der Waals surface area contributed by atoms with Crippen LogP contribution in [-0.4, -0.2) is 43.2 Å². The van der Waals surface area contributed by atoms with E-state index in [4.69, 9.17) is 10.5 Å². The van der Waals surface area contributed by atoms with Gasteiger partial charge in [0.1, 0.15) is 0 Å². The molecule has 1 aromatic rings.